The molecule has 4 rings (SSSR count). The van der Waals surface area contributed by atoms with Crippen molar-refractivity contribution in [1.82, 2.24) is 19.9 Å². The van der Waals surface area contributed by atoms with Gasteiger partial charge in [0.05, 0.1) is 4.88 Å². The summed E-state index contributed by atoms with van der Waals surface area (Å²) in [5.41, 5.74) is 0. The predicted molar refractivity (Wildman–Crippen MR) is 91.8 cm³/mol. The standard InChI is InChI=1S/C17H20N4O3S/c22-15(20-7-9-21(10-8-20)17(23)12-3-4-12)6-5-14-18-16(19-24-14)13-2-1-11-25-13/h1-2,11-12H,3-10H2. The maximum Gasteiger partial charge on any atom is 0.227 e. The zero-order chi connectivity index (χ0) is 17.2. The molecule has 132 valence electrons. The average molecular weight is 360 g/mol. The Balaban J connectivity index is 1.25. The van der Waals surface area contributed by atoms with Gasteiger partial charge in [-0.25, -0.2) is 0 Å². The van der Waals surface area contributed by atoms with Gasteiger partial charge in [0.15, 0.2) is 0 Å². The number of piperazine rings is 1. The molecule has 0 unspecified atom stereocenters. The molecule has 0 N–H and O–H groups in total. The van der Waals surface area contributed by atoms with Crippen LogP contribution in [0.1, 0.15) is 25.2 Å². The Morgan fingerprint density at radius 1 is 1.20 bits per heavy atom. The quantitative estimate of drug-likeness (QED) is 0.812. The van der Waals surface area contributed by atoms with E-state index in [0.717, 1.165) is 17.7 Å². The first-order valence-electron chi connectivity index (χ1n) is 8.64. The van der Waals surface area contributed by atoms with Crippen LogP contribution >= 0.6 is 11.3 Å². The highest BCUT2D eigenvalue weighted by molar-refractivity contribution is 7.13. The van der Waals surface area contributed by atoms with Crippen molar-refractivity contribution in [1.29, 1.82) is 0 Å². The lowest BCUT2D eigenvalue weighted by Gasteiger charge is -2.35. The number of amides is 2. The normalized spacial score (nSPS) is 17.8. The molecular weight excluding hydrogens is 340 g/mol. The monoisotopic (exact) mass is 360 g/mol. The molecule has 1 aliphatic carbocycles. The second-order valence-electron chi connectivity index (χ2n) is 6.47. The lowest BCUT2D eigenvalue weighted by atomic mass is 10.2. The zero-order valence-electron chi connectivity index (χ0n) is 13.9. The summed E-state index contributed by atoms with van der Waals surface area (Å²) in [7, 11) is 0. The predicted octanol–water partition coefficient (Wildman–Crippen LogP) is 1.81. The molecule has 25 heavy (non-hydrogen) atoms. The van der Waals surface area contributed by atoms with Crippen LogP contribution in [0.15, 0.2) is 22.0 Å². The molecule has 1 saturated heterocycles. The molecule has 7 nitrogen and oxygen atoms in total. The average Bonchev–Trinajstić information content (AvgIpc) is 3.15. The van der Waals surface area contributed by atoms with Crippen LogP contribution in [0.25, 0.3) is 10.7 Å². The van der Waals surface area contributed by atoms with Gasteiger partial charge in [0, 0.05) is 44.9 Å². The van der Waals surface area contributed by atoms with Crippen LogP contribution < -0.4 is 0 Å². The molecule has 0 spiro atoms. The van der Waals surface area contributed by atoms with Crippen molar-refractivity contribution in [3.05, 3.63) is 23.4 Å². The summed E-state index contributed by atoms with van der Waals surface area (Å²) in [5, 5.41) is 5.92. The second kappa shape index (κ2) is 6.95. The number of rotatable bonds is 5. The first-order chi connectivity index (χ1) is 12.2. The van der Waals surface area contributed by atoms with Crippen LogP contribution in [-0.2, 0) is 16.0 Å². The molecular formula is C17H20N4O3S. The van der Waals surface area contributed by atoms with E-state index >= 15 is 0 Å². The van der Waals surface area contributed by atoms with E-state index in [2.05, 4.69) is 10.1 Å². The minimum Gasteiger partial charge on any atom is -0.339 e. The Hall–Kier alpha value is -2.22. The lowest BCUT2D eigenvalue weighted by Crippen LogP contribution is -2.51. The van der Waals surface area contributed by atoms with Crippen molar-refractivity contribution in [3.8, 4) is 10.7 Å². The van der Waals surface area contributed by atoms with Gasteiger partial charge >= 0.3 is 0 Å². The summed E-state index contributed by atoms with van der Waals surface area (Å²) >= 11 is 1.55. The Morgan fingerprint density at radius 2 is 1.96 bits per heavy atom. The molecule has 1 saturated carbocycles. The summed E-state index contributed by atoms with van der Waals surface area (Å²) in [6.07, 6.45) is 2.84. The smallest absolute Gasteiger partial charge is 0.227 e. The van der Waals surface area contributed by atoms with E-state index in [1.807, 2.05) is 27.3 Å². The van der Waals surface area contributed by atoms with E-state index in [1.54, 1.807) is 11.3 Å². The number of thiophene rings is 1. The fourth-order valence-electron chi connectivity index (χ4n) is 3.00. The molecule has 2 aromatic heterocycles. The third kappa shape index (κ3) is 3.73. The molecule has 2 aromatic rings. The van der Waals surface area contributed by atoms with Crippen molar-refractivity contribution < 1.29 is 14.1 Å². The summed E-state index contributed by atoms with van der Waals surface area (Å²) < 4.78 is 5.23. The topological polar surface area (TPSA) is 79.5 Å². The minimum absolute atomic E-state index is 0.0781. The lowest BCUT2D eigenvalue weighted by molar-refractivity contribution is -0.140. The third-order valence-corrected chi connectivity index (χ3v) is 5.50. The number of carbonyl (C=O) groups excluding carboxylic acids is 2. The Morgan fingerprint density at radius 3 is 2.64 bits per heavy atom. The summed E-state index contributed by atoms with van der Waals surface area (Å²) in [6, 6.07) is 3.88. The fourth-order valence-corrected chi connectivity index (χ4v) is 3.65. The highest BCUT2D eigenvalue weighted by Gasteiger charge is 2.35. The summed E-state index contributed by atoms with van der Waals surface area (Å²) in [4.78, 5) is 33.4. The fraction of sp³-hybridized carbons (Fsp3) is 0.529. The molecule has 0 bridgehead atoms. The van der Waals surface area contributed by atoms with Gasteiger partial charge in [-0.15, -0.1) is 11.3 Å². The van der Waals surface area contributed by atoms with Gasteiger partial charge in [0.2, 0.25) is 23.5 Å². The number of hydrogen-bond donors (Lipinski definition) is 0. The Bertz CT molecular complexity index is 746. The van der Waals surface area contributed by atoms with E-state index in [4.69, 9.17) is 4.52 Å². The number of nitrogens with zero attached hydrogens (tertiary/aromatic N) is 4. The molecule has 2 fully saturated rings. The van der Waals surface area contributed by atoms with Crippen molar-refractivity contribution in [2.24, 2.45) is 5.92 Å². The minimum atomic E-state index is 0.0781. The van der Waals surface area contributed by atoms with Crippen LogP contribution in [-0.4, -0.2) is 57.9 Å². The molecule has 1 aliphatic heterocycles. The maximum atomic E-state index is 12.4. The van der Waals surface area contributed by atoms with E-state index in [9.17, 15) is 9.59 Å². The molecule has 2 amide bonds. The highest BCUT2D eigenvalue weighted by Crippen LogP contribution is 2.31. The molecule has 2 aliphatic rings. The van der Waals surface area contributed by atoms with Crippen molar-refractivity contribution in [2.75, 3.05) is 26.2 Å². The first kappa shape index (κ1) is 16.3. The molecule has 3 heterocycles. The van der Waals surface area contributed by atoms with E-state index in [1.165, 1.54) is 0 Å². The number of aryl methyl sites for hydroxylation is 1. The van der Waals surface area contributed by atoms with E-state index < -0.39 is 0 Å². The van der Waals surface area contributed by atoms with Crippen LogP contribution in [0.2, 0.25) is 0 Å². The van der Waals surface area contributed by atoms with Crippen LogP contribution in [0.5, 0.6) is 0 Å². The second-order valence-corrected chi connectivity index (χ2v) is 7.42. The summed E-state index contributed by atoms with van der Waals surface area (Å²) in [6.45, 7) is 2.51. The molecule has 0 aromatic carbocycles. The van der Waals surface area contributed by atoms with Crippen LogP contribution in [0.4, 0.5) is 0 Å². The van der Waals surface area contributed by atoms with Crippen LogP contribution in [0, 0.1) is 5.92 Å². The third-order valence-electron chi connectivity index (χ3n) is 4.63. The summed E-state index contributed by atoms with van der Waals surface area (Å²) in [5.74, 6) is 1.65. The van der Waals surface area contributed by atoms with Crippen molar-refractivity contribution in [2.45, 2.75) is 25.7 Å². The number of aromatic nitrogens is 2. The van der Waals surface area contributed by atoms with Gasteiger partial charge < -0.3 is 14.3 Å². The Kier molecular flexibility index (Phi) is 4.52. The van der Waals surface area contributed by atoms with Gasteiger partial charge in [-0.05, 0) is 24.3 Å². The highest BCUT2D eigenvalue weighted by atomic mass is 32.1. The van der Waals surface area contributed by atoms with E-state index in [0.29, 0.717) is 50.7 Å². The molecule has 8 heteroatoms. The SMILES string of the molecule is O=C(CCc1nc(-c2cccs2)no1)N1CCN(C(=O)C2CC2)CC1. The Labute approximate surface area is 149 Å². The van der Waals surface area contributed by atoms with E-state index in [-0.39, 0.29) is 17.7 Å². The molecule has 0 atom stereocenters. The zero-order valence-corrected chi connectivity index (χ0v) is 14.7. The number of hydrogen-bond acceptors (Lipinski definition) is 6. The van der Waals surface area contributed by atoms with Gasteiger partial charge in [-0.3, -0.25) is 9.59 Å². The van der Waals surface area contributed by atoms with Gasteiger partial charge in [-0.1, -0.05) is 11.2 Å². The molecule has 0 radical (unpaired) electrons. The van der Waals surface area contributed by atoms with Gasteiger partial charge in [0.1, 0.15) is 0 Å². The maximum absolute atomic E-state index is 12.4. The first-order valence-corrected chi connectivity index (χ1v) is 9.51. The van der Waals surface area contributed by atoms with Gasteiger partial charge in [0.25, 0.3) is 0 Å². The largest absolute Gasteiger partial charge is 0.339 e. The van der Waals surface area contributed by atoms with Crippen molar-refractivity contribution >= 4 is 23.2 Å². The van der Waals surface area contributed by atoms with Crippen LogP contribution in [0.3, 0.4) is 0 Å². The van der Waals surface area contributed by atoms with Gasteiger partial charge in [-0.2, -0.15) is 4.98 Å². The van der Waals surface area contributed by atoms with Crippen molar-refractivity contribution in [3.63, 3.8) is 0 Å². The number of carbonyl (C=O) groups is 2.